The van der Waals surface area contributed by atoms with Gasteiger partial charge in [-0.2, -0.15) is 0 Å². The fourth-order valence-corrected chi connectivity index (χ4v) is 3.12. The van der Waals surface area contributed by atoms with Gasteiger partial charge in [-0.3, -0.25) is 9.59 Å². The Morgan fingerprint density at radius 2 is 2.10 bits per heavy atom. The van der Waals surface area contributed by atoms with Crippen molar-refractivity contribution < 1.29 is 14.3 Å². The fourth-order valence-electron chi connectivity index (χ4n) is 3.12. The third kappa shape index (κ3) is 3.14. The van der Waals surface area contributed by atoms with Crippen molar-refractivity contribution in [2.45, 2.75) is 51.5 Å². The number of rotatable bonds is 5. The summed E-state index contributed by atoms with van der Waals surface area (Å²) in [6.07, 6.45) is 3.78. The summed E-state index contributed by atoms with van der Waals surface area (Å²) in [6, 6.07) is 0. The van der Waals surface area contributed by atoms with Crippen LogP contribution in [0.25, 0.3) is 0 Å². The van der Waals surface area contributed by atoms with E-state index in [1.165, 1.54) is 0 Å². The highest BCUT2D eigenvalue weighted by Crippen LogP contribution is 2.23. The highest BCUT2D eigenvalue weighted by molar-refractivity contribution is 5.93. The number of carbonyl (C=O) groups is 2. The molecular formula is C15H26N2O3. The van der Waals surface area contributed by atoms with Gasteiger partial charge in [0.1, 0.15) is 5.54 Å². The van der Waals surface area contributed by atoms with Crippen LogP contribution in [0.2, 0.25) is 0 Å². The Labute approximate surface area is 121 Å². The minimum atomic E-state index is -0.695. The molecule has 2 amide bonds. The second kappa shape index (κ2) is 6.57. The van der Waals surface area contributed by atoms with E-state index in [4.69, 9.17) is 4.74 Å². The number of hydrogen-bond donors (Lipinski definition) is 1. The van der Waals surface area contributed by atoms with Crippen molar-refractivity contribution in [2.24, 2.45) is 5.92 Å². The first kappa shape index (κ1) is 15.3. The van der Waals surface area contributed by atoms with Crippen LogP contribution in [0.1, 0.15) is 46.0 Å². The van der Waals surface area contributed by atoms with E-state index in [2.05, 4.69) is 5.32 Å². The zero-order valence-electron chi connectivity index (χ0n) is 12.6. The van der Waals surface area contributed by atoms with Crippen molar-refractivity contribution in [3.63, 3.8) is 0 Å². The molecule has 2 fully saturated rings. The van der Waals surface area contributed by atoms with Gasteiger partial charge in [-0.25, -0.2) is 0 Å². The third-order valence-corrected chi connectivity index (χ3v) is 4.72. The number of nitrogens with one attached hydrogen (secondary N) is 1. The molecule has 114 valence electrons. The van der Waals surface area contributed by atoms with Crippen LogP contribution in [0.3, 0.4) is 0 Å². The molecule has 2 saturated heterocycles. The molecule has 0 aliphatic carbocycles. The van der Waals surface area contributed by atoms with Gasteiger partial charge >= 0.3 is 0 Å². The second-order valence-electron chi connectivity index (χ2n) is 5.90. The van der Waals surface area contributed by atoms with Gasteiger partial charge in [-0.1, -0.05) is 13.8 Å². The Balaban J connectivity index is 2.02. The topological polar surface area (TPSA) is 58.6 Å². The van der Waals surface area contributed by atoms with Gasteiger partial charge < -0.3 is 15.0 Å². The summed E-state index contributed by atoms with van der Waals surface area (Å²) in [4.78, 5) is 26.5. The van der Waals surface area contributed by atoms with Crippen LogP contribution >= 0.6 is 0 Å². The molecule has 1 unspecified atom stereocenters. The molecule has 0 aromatic carbocycles. The smallest absolute Gasteiger partial charge is 0.248 e. The fraction of sp³-hybridized carbons (Fsp3) is 0.867. The molecule has 0 saturated carbocycles. The van der Waals surface area contributed by atoms with Crippen molar-refractivity contribution >= 4 is 11.8 Å². The molecule has 1 N–H and O–H groups in total. The molecule has 2 heterocycles. The van der Waals surface area contributed by atoms with E-state index in [0.717, 1.165) is 32.6 Å². The Kier molecular flexibility index (Phi) is 5.02. The van der Waals surface area contributed by atoms with E-state index in [1.54, 1.807) is 0 Å². The Morgan fingerprint density at radius 1 is 1.35 bits per heavy atom. The molecule has 5 heteroatoms. The maximum absolute atomic E-state index is 12.8. The van der Waals surface area contributed by atoms with E-state index in [9.17, 15) is 9.59 Å². The van der Waals surface area contributed by atoms with Crippen LogP contribution < -0.4 is 5.32 Å². The molecule has 2 rings (SSSR count). The predicted molar refractivity (Wildman–Crippen MR) is 76.2 cm³/mol. The molecule has 0 aromatic rings. The number of ether oxygens (including phenoxy) is 1. The van der Waals surface area contributed by atoms with Crippen molar-refractivity contribution in [3.05, 3.63) is 0 Å². The second-order valence-corrected chi connectivity index (χ2v) is 5.90. The molecule has 20 heavy (non-hydrogen) atoms. The van der Waals surface area contributed by atoms with Crippen LogP contribution in [-0.2, 0) is 14.3 Å². The van der Waals surface area contributed by atoms with Crippen LogP contribution in [-0.4, -0.2) is 48.6 Å². The number of hydrogen-bond acceptors (Lipinski definition) is 3. The maximum Gasteiger partial charge on any atom is 0.248 e. The summed E-state index contributed by atoms with van der Waals surface area (Å²) >= 11 is 0. The first-order valence-electron chi connectivity index (χ1n) is 7.79. The lowest BCUT2D eigenvalue weighted by atomic mass is 9.91. The zero-order chi connectivity index (χ0) is 14.6. The molecule has 0 bridgehead atoms. The molecule has 0 radical (unpaired) electrons. The zero-order valence-corrected chi connectivity index (χ0v) is 12.6. The van der Waals surface area contributed by atoms with Gasteiger partial charge in [-0.15, -0.1) is 0 Å². The number of carbonyl (C=O) groups excluding carboxylic acids is 2. The molecule has 0 aromatic heterocycles. The van der Waals surface area contributed by atoms with Crippen LogP contribution in [0.5, 0.6) is 0 Å². The van der Waals surface area contributed by atoms with E-state index in [-0.39, 0.29) is 11.8 Å². The largest absolute Gasteiger partial charge is 0.381 e. The van der Waals surface area contributed by atoms with Gasteiger partial charge in [0.15, 0.2) is 0 Å². The Hall–Kier alpha value is -1.10. The minimum Gasteiger partial charge on any atom is -0.381 e. The summed E-state index contributed by atoms with van der Waals surface area (Å²) in [5.74, 6) is 0.647. The normalized spacial score (nSPS) is 26.5. The van der Waals surface area contributed by atoms with Crippen LogP contribution in [0.15, 0.2) is 0 Å². The highest BCUT2D eigenvalue weighted by Gasteiger charge is 2.41. The van der Waals surface area contributed by atoms with E-state index in [1.807, 2.05) is 18.7 Å². The van der Waals surface area contributed by atoms with Gasteiger partial charge in [-0.05, 0) is 31.6 Å². The van der Waals surface area contributed by atoms with Crippen molar-refractivity contribution in [1.29, 1.82) is 0 Å². The van der Waals surface area contributed by atoms with E-state index >= 15 is 0 Å². The third-order valence-electron chi connectivity index (χ3n) is 4.72. The summed E-state index contributed by atoms with van der Waals surface area (Å²) in [6.45, 7) is 6.87. The van der Waals surface area contributed by atoms with Crippen LogP contribution in [0.4, 0.5) is 0 Å². The van der Waals surface area contributed by atoms with Crippen LogP contribution in [0, 0.1) is 5.92 Å². The maximum atomic E-state index is 12.8. The SMILES string of the molecule is CCC1(CC)NC(=O)CCN(CCC2CCOC2)C1=O. The predicted octanol–water partition coefficient (Wildman–Crippen LogP) is 1.32. The lowest BCUT2D eigenvalue weighted by Crippen LogP contribution is -2.56. The molecular weight excluding hydrogens is 256 g/mol. The monoisotopic (exact) mass is 282 g/mol. The van der Waals surface area contributed by atoms with Crippen molar-refractivity contribution in [3.8, 4) is 0 Å². The average molecular weight is 282 g/mol. The average Bonchev–Trinajstić information content (AvgIpc) is 2.93. The van der Waals surface area contributed by atoms with E-state index in [0.29, 0.717) is 31.7 Å². The number of amides is 2. The first-order valence-corrected chi connectivity index (χ1v) is 7.79. The summed E-state index contributed by atoms with van der Waals surface area (Å²) in [5.41, 5.74) is -0.695. The molecule has 5 nitrogen and oxygen atoms in total. The first-order chi connectivity index (χ1) is 9.61. The van der Waals surface area contributed by atoms with Gasteiger partial charge in [0, 0.05) is 32.7 Å². The van der Waals surface area contributed by atoms with Gasteiger partial charge in [0.05, 0.1) is 0 Å². The molecule has 2 aliphatic rings. The summed E-state index contributed by atoms with van der Waals surface area (Å²) < 4.78 is 5.38. The standard InChI is InChI=1S/C15H26N2O3/c1-3-15(4-2)14(19)17(9-6-13(18)16-15)8-5-12-7-10-20-11-12/h12H,3-11H2,1-2H3,(H,16,18). The van der Waals surface area contributed by atoms with Crippen molar-refractivity contribution in [1.82, 2.24) is 10.2 Å². The summed E-state index contributed by atoms with van der Waals surface area (Å²) in [5, 5.41) is 2.94. The number of nitrogens with zero attached hydrogens (tertiary/aromatic N) is 1. The Bertz CT molecular complexity index is 360. The van der Waals surface area contributed by atoms with E-state index < -0.39 is 5.54 Å². The highest BCUT2D eigenvalue weighted by atomic mass is 16.5. The van der Waals surface area contributed by atoms with Gasteiger partial charge in [0.25, 0.3) is 0 Å². The van der Waals surface area contributed by atoms with Gasteiger partial charge in [0.2, 0.25) is 11.8 Å². The molecule has 1 atom stereocenters. The Morgan fingerprint density at radius 3 is 2.70 bits per heavy atom. The molecule has 0 spiro atoms. The minimum absolute atomic E-state index is 0.00579. The summed E-state index contributed by atoms with van der Waals surface area (Å²) in [7, 11) is 0. The van der Waals surface area contributed by atoms with Crippen molar-refractivity contribution in [2.75, 3.05) is 26.3 Å². The lowest BCUT2D eigenvalue weighted by Gasteiger charge is -2.34. The quantitative estimate of drug-likeness (QED) is 0.827. The molecule has 2 aliphatic heterocycles. The lowest BCUT2D eigenvalue weighted by molar-refractivity contribution is -0.139.